The van der Waals surface area contributed by atoms with Crippen LogP contribution in [-0.4, -0.2) is 100 Å². The minimum Gasteiger partial charge on any atom is -0.356 e. The molecule has 1 aromatic heterocycles. The van der Waals surface area contributed by atoms with Gasteiger partial charge in [-0.1, -0.05) is 65.0 Å². The van der Waals surface area contributed by atoms with Crippen LogP contribution in [0.4, 0.5) is 4.79 Å². The number of carbonyl (C=O) groups is 5. The third kappa shape index (κ3) is 10.6. The van der Waals surface area contributed by atoms with Gasteiger partial charge in [-0.15, -0.1) is 11.3 Å². The quantitative estimate of drug-likeness (QED) is 0.208. The van der Waals surface area contributed by atoms with Gasteiger partial charge in [-0.25, -0.2) is 9.78 Å². The summed E-state index contributed by atoms with van der Waals surface area (Å²) < 4.78 is 0. The maximum absolute atomic E-state index is 14.5. The van der Waals surface area contributed by atoms with Crippen molar-refractivity contribution in [2.75, 3.05) is 26.2 Å². The van der Waals surface area contributed by atoms with Crippen LogP contribution in [0.3, 0.4) is 0 Å². The average Bonchev–Trinajstić information content (AvgIpc) is 3.82. The minimum atomic E-state index is -1.02. The summed E-state index contributed by atoms with van der Waals surface area (Å²) in [4.78, 5) is 77.4. The van der Waals surface area contributed by atoms with E-state index in [1.165, 1.54) is 11.3 Å². The van der Waals surface area contributed by atoms with Crippen molar-refractivity contribution in [2.24, 2.45) is 11.3 Å². The highest BCUT2D eigenvalue weighted by Crippen LogP contribution is 2.30. The minimum absolute atomic E-state index is 0.0872. The third-order valence-electron chi connectivity index (χ3n) is 9.38. The Hall–Kier alpha value is -3.84. The molecule has 2 aliphatic heterocycles. The van der Waals surface area contributed by atoms with E-state index in [0.29, 0.717) is 31.6 Å². The highest BCUT2D eigenvalue weighted by Gasteiger charge is 2.47. The van der Waals surface area contributed by atoms with Gasteiger partial charge in [0.15, 0.2) is 5.01 Å². The summed E-state index contributed by atoms with van der Waals surface area (Å²) in [5.41, 5.74) is 0.338. The van der Waals surface area contributed by atoms with Crippen LogP contribution < -0.4 is 21.3 Å². The molecule has 280 valence electrons. The van der Waals surface area contributed by atoms with Crippen LogP contribution in [0.1, 0.15) is 97.3 Å². The Bertz CT molecular complexity index is 1530. The zero-order valence-electron chi connectivity index (χ0n) is 31.5. The van der Waals surface area contributed by atoms with E-state index in [0.717, 1.165) is 31.5 Å². The molecule has 2 saturated heterocycles. The first-order valence-electron chi connectivity index (χ1n) is 18.3. The number of likely N-dealkylation sites (tertiary alicyclic amines) is 1. The van der Waals surface area contributed by atoms with Gasteiger partial charge in [0.25, 0.3) is 0 Å². The predicted molar refractivity (Wildman–Crippen MR) is 200 cm³/mol. The van der Waals surface area contributed by atoms with Crippen LogP contribution >= 0.6 is 11.3 Å². The van der Waals surface area contributed by atoms with Crippen molar-refractivity contribution in [1.82, 2.24) is 36.1 Å². The number of amides is 5. The summed E-state index contributed by atoms with van der Waals surface area (Å²) in [5, 5.41) is 13.7. The van der Waals surface area contributed by atoms with Crippen molar-refractivity contribution in [3.05, 3.63) is 40.7 Å². The van der Waals surface area contributed by atoms with Crippen LogP contribution in [0.25, 0.3) is 11.3 Å². The molecule has 2 aliphatic rings. The average molecular weight is 724 g/mol. The van der Waals surface area contributed by atoms with Gasteiger partial charge in [-0.05, 0) is 71.4 Å². The molecule has 12 nitrogen and oxygen atoms in total. The van der Waals surface area contributed by atoms with E-state index in [1.54, 1.807) is 4.90 Å². The SMILES string of the molecule is CCCN(CCC)[C@@H]1C[C@@H](C(=O)N[C@@H](C[C@H]2CCNC2=O)C(=O)c2nc(-c3ccccc3)cs2)N(C(=O)[C@@H](NC(=O)NC(C)(C)C)C(C)(C)C)C1. The fourth-order valence-electron chi connectivity index (χ4n) is 6.88. The Morgan fingerprint density at radius 3 is 2.25 bits per heavy atom. The van der Waals surface area contributed by atoms with Crippen LogP contribution in [0, 0.1) is 11.3 Å². The molecule has 0 spiro atoms. The summed E-state index contributed by atoms with van der Waals surface area (Å²) in [5.74, 6) is -1.77. The Morgan fingerprint density at radius 2 is 1.69 bits per heavy atom. The molecule has 0 unspecified atom stereocenters. The Balaban J connectivity index is 1.65. The zero-order chi connectivity index (χ0) is 37.5. The largest absolute Gasteiger partial charge is 0.356 e. The Morgan fingerprint density at radius 1 is 1.02 bits per heavy atom. The summed E-state index contributed by atoms with van der Waals surface area (Å²) in [6, 6.07) is 6.16. The smallest absolute Gasteiger partial charge is 0.315 e. The standard InChI is InChI=1S/C38H57N7O5S/c1-9-18-44(19-10-2)26-21-29(45(22-26)35(49)31(37(3,4)5)42-36(50)43-38(6,7)8)33(48)40-27(20-25-16-17-39-32(25)47)30(46)34-41-28(23-51-34)24-14-12-11-13-15-24/h11-15,23,25-27,29,31H,9-10,16-22H2,1-8H3,(H,39,47)(H,40,48)(H2,42,43,50)/t25-,26-,27+,29+,31-/m1/s1. The molecule has 4 N–H and O–H groups in total. The number of thiazole rings is 1. The van der Waals surface area contributed by atoms with Gasteiger partial charge < -0.3 is 26.2 Å². The van der Waals surface area contributed by atoms with Crippen LogP contribution in [-0.2, 0) is 14.4 Å². The maximum atomic E-state index is 14.5. The molecule has 13 heteroatoms. The number of hydrogen-bond donors (Lipinski definition) is 4. The number of urea groups is 1. The predicted octanol–water partition coefficient (Wildman–Crippen LogP) is 4.61. The van der Waals surface area contributed by atoms with Crippen molar-refractivity contribution >= 4 is 40.9 Å². The monoisotopic (exact) mass is 723 g/mol. The Kier molecular flexibility index (Phi) is 13.4. The second kappa shape index (κ2) is 17.1. The number of aromatic nitrogens is 1. The first-order chi connectivity index (χ1) is 24.0. The van der Waals surface area contributed by atoms with Gasteiger partial charge in [-0.3, -0.25) is 24.1 Å². The van der Waals surface area contributed by atoms with E-state index < -0.39 is 46.9 Å². The second-order valence-electron chi connectivity index (χ2n) is 15.9. The first-order valence-corrected chi connectivity index (χ1v) is 19.2. The molecule has 4 rings (SSSR count). The zero-order valence-corrected chi connectivity index (χ0v) is 32.3. The van der Waals surface area contributed by atoms with Gasteiger partial charge >= 0.3 is 6.03 Å². The maximum Gasteiger partial charge on any atom is 0.315 e. The fourth-order valence-corrected chi connectivity index (χ4v) is 7.70. The molecule has 1 aromatic carbocycles. The molecule has 3 heterocycles. The molecule has 0 aliphatic carbocycles. The molecular formula is C38H57N7O5S. The van der Waals surface area contributed by atoms with Crippen LogP contribution in [0.5, 0.6) is 0 Å². The summed E-state index contributed by atoms with van der Waals surface area (Å²) >= 11 is 1.21. The van der Waals surface area contributed by atoms with Crippen molar-refractivity contribution in [3.63, 3.8) is 0 Å². The molecule has 5 atom stereocenters. The van der Waals surface area contributed by atoms with Crippen LogP contribution in [0.15, 0.2) is 35.7 Å². The lowest BCUT2D eigenvalue weighted by Gasteiger charge is -2.36. The number of Topliss-reactive ketones (excluding diaryl/α,β-unsaturated/α-hetero) is 1. The first kappa shape index (κ1) is 39.9. The lowest BCUT2D eigenvalue weighted by Crippen LogP contribution is -2.61. The summed E-state index contributed by atoms with van der Waals surface area (Å²) in [7, 11) is 0. The molecule has 51 heavy (non-hydrogen) atoms. The van der Waals surface area contributed by atoms with E-state index in [9.17, 15) is 24.0 Å². The Labute approximate surface area is 306 Å². The fraction of sp³-hybridized carbons (Fsp3) is 0.632. The lowest BCUT2D eigenvalue weighted by atomic mass is 9.85. The van der Waals surface area contributed by atoms with Gasteiger partial charge in [-0.2, -0.15) is 0 Å². The van der Waals surface area contributed by atoms with Crippen molar-refractivity contribution in [3.8, 4) is 11.3 Å². The van der Waals surface area contributed by atoms with Crippen LogP contribution in [0.2, 0.25) is 0 Å². The van der Waals surface area contributed by atoms with Crippen molar-refractivity contribution in [2.45, 2.75) is 117 Å². The number of carbonyl (C=O) groups excluding carboxylic acids is 5. The molecular weight excluding hydrogens is 667 g/mol. The lowest BCUT2D eigenvalue weighted by molar-refractivity contribution is -0.142. The molecule has 0 bridgehead atoms. The number of benzene rings is 1. The molecule has 0 radical (unpaired) electrons. The summed E-state index contributed by atoms with van der Waals surface area (Å²) in [6.07, 6.45) is 2.89. The third-order valence-corrected chi connectivity index (χ3v) is 10.2. The van der Waals surface area contributed by atoms with Gasteiger partial charge in [0.1, 0.15) is 12.1 Å². The molecule has 0 saturated carbocycles. The number of rotatable bonds is 14. The van der Waals surface area contributed by atoms with Gasteiger partial charge in [0, 0.05) is 41.5 Å². The molecule has 5 amide bonds. The number of hydrogen-bond acceptors (Lipinski definition) is 8. The van der Waals surface area contributed by atoms with E-state index in [1.807, 2.05) is 77.3 Å². The van der Waals surface area contributed by atoms with Crippen molar-refractivity contribution < 1.29 is 24.0 Å². The highest BCUT2D eigenvalue weighted by atomic mass is 32.1. The van der Waals surface area contributed by atoms with E-state index in [-0.39, 0.29) is 35.1 Å². The van der Waals surface area contributed by atoms with Crippen molar-refractivity contribution in [1.29, 1.82) is 0 Å². The number of ketones is 1. The van der Waals surface area contributed by atoms with E-state index >= 15 is 0 Å². The topological polar surface area (TPSA) is 153 Å². The number of nitrogens with one attached hydrogen (secondary N) is 4. The van der Waals surface area contributed by atoms with Gasteiger partial charge in [0.05, 0.1) is 11.7 Å². The summed E-state index contributed by atoms with van der Waals surface area (Å²) in [6.45, 7) is 17.9. The van der Waals surface area contributed by atoms with E-state index in [2.05, 4.69) is 45.0 Å². The molecule has 2 fully saturated rings. The second-order valence-corrected chi connectivity index (χ2v) is 16.8. The highest BCUT2D eigenvalue weighted by molar-refractivity contribution is 7.12. The van der Waals surface area contributed by atoms with E-state index in [4.69, 9.17) is 0 Å². The number of nitrogens with zero attached hydrogens (tertiary/aromatic N) is 3. The molecule has 2 aromatic rings. The normalized spacial score (nSPS) is 20.5. The van der Waals surface area contributed by atoms with Gasteiger partial charge in [0.2, 0.25) is 23.5 Å².